The molecule has 7 heteroatoms. The number of rotatable bonds is 7. The second-order valence-electron chi connectivity index (χ2n) is 8.70. The molecular formula is C27H27ClN2O3S. The number of pyridine rings is 1. The number of sulfonamides is 1. The first-order chi connectivity index (χ1) is 16.1. The minimum absolute atomic E-state index is 0.0423. The first-order valence-corrected chi connectivity index (χ1v) is 12.9. The number of fused-ring (bicyclic) bond motifs is 1. The fourth-order valence-corrected chi connectivity index (χ4v) is 5.98. The van der Waals surface area contributed by atoms with E-state index in [4.69, 9.17) is 11.6 Å². The maximum atomic E-state index is 13.8. The molecule has 0 unspecified atom stereocenters. The molecule has 5 nitrogen and oxygen atoms in total. The van der Waals surface area contributed by atoms with E-state index in [9.17, 15) is 13.2 Å². The van der Waals surface area contributed by atoms with E-state index in [0.717, 1.165) is 27.6 Å². The lowest BCUT2D eigenvalue weighted by Crippen LogP contribution is -2.35. The van der Waals surface area contributed by atoms with Crippen molar-refractivity contribution in [1.82, 2.24) is 9.29 Å². The summed E-state index contributed by atoms with van der Waals surface area (Å²) in [5.41, 5.74) is 4.63. The molecule has 4 rings (SSSR count). The van der Waals surface area contributed by atoms with Crippen molar-refractivity contribution in [1.29, 1.82) is 0 Å². The molecule has 0 spiro atoms. The molecule has 0 amide bonds. The summed E-state index contributed by atoms with van der Waals surface area (Å²) in [6.45, 7) is 5.91. The van der Waals surface area contributed by atoms with E-state index >= 15 is 0 Å². The summed E-state index contributed by atoms with van der Waals surface area (Å²) in [4.78, 5) is 15.9. The Morgan fingerprint density at radius 1 is 0.912 bits per heavy atom. The van der Waals surface area contributed by atoms with Crippen molar-refractivity contribution in [3.8, 4) is 0 Å². The van der Waals surface area contributed by atoms with Crippen LogP contribution in [0.25, 0.3) is 10.9 Å². The van der Waals surface area contributed by atoms with Gasteiger partial charge >= 0.3 is 0 Å². The van der Waals surface area contributed by atoms with Gasteiger partial charge < -0.3 is 4.98 Å². The molecule has 1 aromatic heterocycles. The molecule has 3 aromatic carbocycles. The molecule has 0 saturated heterocycles. The van der Waals surface area contributed by atoms with E-state index in [-0.39, 0.29) is 23.5 Å². The van der Waals surface area contributed by atoms with Crippen LogP contribution in [0.4, 0.5) is 0 Å². The smallest absolute Gasteiger partial charge is 0.252 e. The first kappa shape index (κ1) is 24.2. The van der Waals surface area contributed by atoms with E-state index in [0.29, 0.717) is 22.6 Å². The van der Waals surface area contributed by atoms with Crippen LogP contribution in [-0.4, -0.2) is 24.3 Å². The third kappa shape index (κ3) is 5.25. The standard InChI is InChI=1S/C27H27ClN2O3S/c1-18-5-4-6-21(13-18)11-12-30(34(32,33)26-16-24(28)9-8-20(26)3)17-23-15-22-14-19(2)7-10-25(22)29-27(23)31/h4-10,13-16H,11-12,17H2,1-3H3,(H,29,31). The number of aromatic nitrogens is 1. The van der Waals surface area contributed by atoms with E-state index in [1.54, 1.807) is 25.1 Å². The summed E-state index contributed by atoms with van der Waals surface area (Å²) < 4.78 is 28.9. The quantitative estimate of drug-likeness (QED) is 0.366. The highest BCUT2D eigenvalue weighted by atomic mass is 35.5. The number of H-pyrrole nitrogens is 1. The molecule has 176 valence electrons. The van der Waals surface area contributed by atoms with Gasteiger partial charge in [-0.3, -0.25) is 4.79 Å². The Hall–Kier alpha value is -2.93. The van der Waals surface area contributed by atoms with Gasteiger partial charge in [0.15, 0.2) is 0 Å². The van der Waals surface area contributed by atoms with Crippen LogP contribution in [0.2, 0.25) is 5.02 Å². The molecule has 1 heterocycles. The summed E-state index contributed by atoms with van der Waals surface area (Å²) in [5.74, 6) is 0. The van der Waals surface area contributed by atoms with Crippen molar-refractivity contribution >= 4 is 32.5 Å². The molecule has 0 bridgehead atoms. The molecule has 0 aliphatic carbocycles. The van der Waals surface area contributed by atoms with Gasteiger partial charge in [-0.15, -0.1) is 0 Å². The molecule has 0 saturated carbocycles. The number of hydrogen-bond acceptors (Lipinski definition) is 3. The molecule has 0 atom stereocenters. The normalized spacial score (nSPS) is 11.9. The Kier molecular flexibility index (Phi) is 6.94. The van der Waals surface area contributed by atoms with Gasteiger partial charge in [0.2, 0.25) is 10.0 Å². The molecule has 4 aromatic rings. The third-order valence-electron chi connectivity index (χ3n) is 5.92. The molecule has 34 heavy (non-hydrogen) atoms. The van der Waals surface area contributed by atoms with Crippen LogP contribution >= 0.6 is 11.6 Å². The Labute approximate surface area is 205 Å². The van der Waals surface area contributed by atoms with E-state index in [1.165, 1.54) is 10.4 Å². The van der Waals surface area contributed by atoms with Crippen LogP contribution in [-0.2, 0) is 23.0 Å². The summed E-state index contributed by atoms with van der Waals surface area (Å²) in [5, 5.41) is 1.21. The second-order valence-corrected chi connectivity index (χ2v) is 11.0. The second kappa shape index (κ2) is 9.74. The Morgan fingerprint density at radius 2 is 1.68 bits per heavy atom. The molecule has 0 aliphatic heterocycles. The Bertz CT molecular complexity index is 1530. The van der Waals surface area contributed by atoms with E-state index < -0.39 is 10.0 Å². The largest absolute Gasteiger partial charge is 0.322 e. The first-order valence-electron chi connectivity index (χ1n) is 11.1. The van der Waals surface area contributed by atoms with Gasteiger partial charge in [-0.2, -0.15) is 4.31 Å². The molecular weight excluding hydrogens is 468 g/mol. The third-order valence-corrected chi connectivity index (χ3v) is 8.15. The van der Waals surface area contributed by atoms with Crippen molar-refractivity contribution in [3.05, 3.63) is 110 Å². The van der Waals surface area contributed by atoms with Crippen LogP contribution in [0.1, 0.15) is 27.8 Å². The molecule has 0 fully saturated rings. The zero-order chi connectivity index (χ0) is 24.5. The van der Waals surface area contributed by atoms with Crippen molar-refractivity contribution in [2.75, 3.05) is 6.54 Å². The van der Waals surface area contributed by atoms with E-state index in [2.05, 4.69) is 4.98 Å². The number of aryl methyl sites for hydroxylation is 3. The lowest BCUT2D eigenvalue weighted by molar-refractivity contribution is 0.408. The van der Waals surface area contributed by atoms with E-state index in [1.807, 2.05) is 56.3 Å². The molecule has 1 N–H and O–H groups in total. The predicted molar refractivity (Wildman–Crippen MR) is 138 cm³/mol. The van der Waals surface area contributed by atoms with Crippen LogP contribution < -0.4 is 5.56 Å². The molecule has 0 radical (unpaired) electrons. The van der Waals surface area contributed by atoms with Gasteiger partial charge in [-0.25, -0.2) is 8.42 Å². The van der Waals surface area contributed by atoms with Crippen LogP contribution in [0.5, 0.6) is 0 Å². The highest BCUT2D eigenvalue weighted by Crippen LogP contribution is 2.25. The summed E-state index contributed by atoms with van der Waals surface area (Å²) in [6, 6.07) is 20.4. The van der Waals surface area contributed by atoms with Gasteiger partial charge in [0.25, 0.3) is 5.56 Å². The topological polar surface area (TPSA) is 70.2 Å². The summed E-state index contributed by atoms with van der Waals surface area (Å²) in [6.07, 6.45) is 0.519. The monoisotopic (exact) mass is 494 g/mol. The zero-order valence-corrected chi connectivity index (χ0v) is 21.0. The molecule has 0 aliphatic rings. The average molecular weight is 495 g/mol. The number of nitrogens with one attached hydrogen (secondary N) is 1. The number of aromatic amines is 1. The zero-order valence-electron chi connectivity index (χ0n) is 19.4. The average Bonchev–Trinajstić information content (AvgIpc) is 2.78. The Morgan fingerprint density at radius 3 is 2.44 bits per heavy atom. The van der Waals surface area contributed by atoms with Crippen LogP contribution in [0.3, 0.4) is 0 Å². The lowest BCUT2D eigenvalue weighted by atomic mass is 10.1. The van der Waals surface area contributed by atoms with Gasteiger partial charge in [-0.05, 0) is 74.0 Å². The van der Waals surface area contributed by atoms with Crippen molar-refractivity contribution in [2.45, 2.75) is 38.6 Å². The SMILES string of the molecule is Cc1cccc(CCN(Cc2cc3cc(C)ccc3[nH]c2=O)S(=O)(=O)c2cc(Cl)ccc2C)c1. The number of benzene rings is 3. The van der Waals surface area contributed by atoms with Crippen molar-refractivity contribution in [2.24, 2.45) is 0 Å². The minimum Gasteiger partial charge on any atom is -0.322 e. The van der Waals surface area contributed by atoms with Crippen molar-refractivity contribution < 1.29 is 8.42 Å². The van der Waals surface area contributed by atoms with Crippen LogP contribution in [0, 0.1) is 20.8 Å². The number of nitrogens with zero attached hydrogens (tertiary/aromatic N) is 1. The van der Waals surface area contributed by atoms with Gasteiger partial charge in [0, 0.05) is 29.2 Å². The van der Waals surface area contributed by atoms with Gasteiger partial charge in [0.1, 0.15) is 0 Å². The fraction of sp³-hybridized carbons (Fsp3) is 0.222. The van der Waals surface area contributed by atoms with Gasteiger partial charge in [-0.1, -0.05) is 59.1 Å². The Balaban J connectivity index is 1.76. The summed E-state index contributed by atoms with van der Waals surface area (Å²) >= 11 is 6.15. The van der Waals surface area contributed by atoms with Crippen LogP contribution in [0.15, 0.2) is 76.4 Å². The van der Waals surface area contributed by atoms with Gasteiger partial charge in [0.05, 0.1) is 4.90 Å². The predicted octanol–water partition coefficient (Wildman–Crippen LogP) is 5.54. The highest BCUT2D eigenvalue weighted by Gasteiger charge is 2.27. The van der Waals surface area contributed by atoms with Crippen molar-refractivity contribution in [3.63, 3.8) is 0 Å². The maximum absolute atomic E-state index is 13.8. The number of hydrogen-bond donors (Lipinski definition) is 1. The fourth-order valence-electron chi connectivity index (χ4n) is 4.08. The number of halogens is 1. The minimum atomic E-state index is -3.91. The maximum Gasteiger partial charge on any atom is 0.252 e. The summed E-state index contributed by atoms with van der Waals surface area (Å²) in [7, 11) is -3.91. The lowest BCUT2D eigenvalue weighted by Gasteiger charge is -2.23. The highest BCUT2D eigenvalue weighted by molar-refractivity contribution is 7.89.